The van der Waals surface area contributed by atoms with Crippen LogP contribution in [-0.4, -0.2) is 10.9 Å². The lowest BCUT2D eigenvalue weighted by Gasteiger charge is -2.26. The van der Waals surface area contributed by atoms with Gasteiger partial charge in [-0.05, 0) is 75.4 Å². The summed E-state index contributed by atoms with van der Waals surface area (Å²) < 4.78 is 2.53. The molecule has 0 saturated carbocycles. The molecule has 1 heterocycles. The molecule has 0 unspecified atom stereocenters. The quantitative estimate of drug-likeness (QED) is 0.203. The molecule has 0 radical (unpaired) electrons. The molecule has 6 rings (SSSR count). The van der Waals surface area contributed by atoms with Gasteiger partial charge < -0.3 is 0 Å². The van der Waals surface area contributed by atoms with Crippen LogP contribution in [0.2, 0.25) is 0 Å². The summed E-state index contributed by atoms with van der Waals surface area (Å²) in [5.41, 5.74) is 15.5. The Morgan fingerprint density at radius 2 is 1.02 bits per heavy atom. The molecule has 2 nitrogen and oxygen atoms in total. The van der Waals surface area contributed by atoms with E-state index < -0.39 is 0 Å². The highest BCUT2D eigenvalue weighted by atomic mass is 15.3. The highest BCUT2D eigenvalue weighted by Gasteiger charge is 2.47. The summed E-state index contributed by atoms with van der Waals surface area (Å²) in [7, 11) is 0. The number of anilines is 1. The van der Waals surface area contributed by atoms with Gasteiger partial charge in [-0.3, -0.25) is 0 Å². The Labute approximate surface area is 245 Å². The Balaban J connectivity index is 1.65. The summed E-state index contributed by atoms with van der Waals surface area (Å²) in [6.07, 6.45) is 2.37. The van der Waals surface area contributed by atoms with E-state index in [1.54, 1.807) is 0 Å². The highest BCUT2D eigenvalue weighted by molar-refractivity contribution is 5.91. The molecule has 1 aliphatic rings. The first-order chi connectivity index (χ1) is 19.8. The molecule has 0 aromatic heterocycles. The molecule has 0 N–H and O–H groups in total. The normalized spacial score (nSPS) is 16.6. The van der Waals surface area contributed by atoms with Crippen LogP contribution < -0.4 is 4.90 Å². The lowest BCUT2D eigenvalue weighted by atomic mass is 9.89. The number of nitrogens with zero attached hydrogens (tertiary/aromatic N) is 2. The molecule has 0 amide bonds. The SMILES string of the molecule is Cc1cc(C)c(-c2ccccc2N2C=[N+](c3c(C)cc(C)cc3C)[C@@H](c3ccccc3)[C@H]2c2ccccc2)c(C)c1. The van der Waals surface area contributed by atoms with E-state index in [0.717, 1.165) is 0 Å². The monoisotopic (exact) mass is 535 g/mol. The summed E-state index contributed by atoms with van der Waals surface area (Å²) in [6.45, 7) is 13.4. The maximum absolute atomic E-state index is 2.53. The van der Waals surface area contributed by atoms with Crippen molar-refractivity contribution in [2.75, 3.05) is 4.90 Å². The van der Waals surface area contributed by atoms with E-state index >= 15 is 0 Å². The summed E-state index contributed by atoms with van der Waals surface area (Å²) in [6, 6.07) is 40.4. The summed E-state index contributed by atoms with van der Waals surface area (Å²) in [5.74, 6) is 0. The third-order valence-electron chi connectivity index (χ3n) is 8.45. The zero-order valence-electron chi connectivity index (χ0n) is 25.0. The third-order valence-corrected chi connectivity index (χ3v) is 8.45. The number of benzene rings is 5. The van der Waals surface area contributed by atoms with Crippen LogP contribution in [0.4, 0.5) is 11.4 Å². The van der Waals surface area contributed by atoms with Crippen LogP contribution in [0.15, 0.2) is 109 Å². The van der Waals surface area contributed by atoms with Gasteiger partial charge >= 0.3 is 0 Å². The molecule has 204 valence electrons. The molecule has 1 aliphatic heterocycles. The summed E-state index contributed by atoms with van der Waals surface area (Å²) >= 11 is 0. The molecule has 0 fully saturated rings. The zero-order chi connectivity index (χ0) is 28.7. The Morgan fingerprint density at radius 3 is 1.61 bits per heavy atom. The first-order valence-electron chi connectivity index (χ1n) is 14.6. The minimum atomic E-state index is 0.0749. The number of rotatable bonds is 5. The second-order valence-corrected chi connectivity index (χ2v) is 11.7. The van der Waals surface area contributed by atoms with E-state index in [1.165, 1.54) is 67.0 Å². The molecule has 2 heteroatoms. The van der Waals surface area contributed by atoms with Crippen molar-refractivity contribution in [1.82, 2.24) is 0 Å². The maximum atomic E-state index is 2.53. The average molecular weight is 536 g/mol. The van der Waals surface area contributed by atoms with Crippen LogP contribution in [-0.2, 0) is 0 Å². The lowest BCUT2D eigenvalue weighted by molar-refractivity contribution is -0.482. The molecular weight excluding hydrogens is 496 g/mol. The third kappa shape index (κ3) is 4.89. The smallest absolute Gasteiger partial charge is 0.221 e. The molecule has 0 saturated heterocycles. The van der Waals surface area contributed by atoms with Crippen LogP contribution in [0.1, 0.15) is 56.6 Å². The van der Waals surface area contributed by atoms with Gasteiger partial charge in [-0.15, -0.1) is 0 Å². The number of hydrogen-bond acceptors (Lipinski definition) is 1. The Hall–Kier alpha value is -4.43. The summed E-state index contributed by atoms with van der Waals surface area (Å²) in [5, 5.41) is 0. The largest absolute Gasteiger partial charge is 0.245 e. The van der Waals surface area contributed by atoms with Crippen LogP contribution in [0.3, 0.4) is 0 Å². The van der Waals surface area contributed by atoms with Crippen LogP contribution in [0, 0.1) is 41.5 Å². The van der Waals surface area contributed by atoms with Gasteiger partial charge in [-0.2, -0.15) is 0 Å². The second kappa shape index (κ2) is 10.9. The minimum absolute atomic E-state index is 0.0749. The fourth-order valence-corrected chi connectivity index (χ4v) is 7.07. The molecular formula is C39H39N2+. The zero-order valence-corrected chi connectivity index (χ0v) is 25.0. The second-order valence-electron chi connectivity index (χ2n) is 11.7. The predicted octanol–water partition coefficient (Wildman–Crippen LogP) is 9.88. The molecule has 41 heavy (non-hydrogen) atoms. The number of hydrogen-bond donors (Lipinski definition) is 0. The molecule has 0 bridgehead atoms. The molecule has 2 atom stereocenters. The van der Waals surface area contributed by atoms with Gasteiger partial charge in [0.25, 0.3) is 0 Å². The van der Waals surface area contributed by atoms with Gasteiger partial charge in [-0.1, -0.05) is 114 Å². The van der Waals surface area contributed by atoms with E-state index in [1.807, 2.05) is 0 Å². The Bertz CT molecular complexity index is 1700. The number of aryl methyl sites for hydroxylation is 6. The fraction of sp³-hybridized carbons (Fsp3) is 0.205. The first-order valence-corrected chi connectivity index (χ1v) is 14.6. The highest BCUT2D eigenvalue weighted by Crippen LogP contribution is 2.48. The predicted molar refractivity (Wildman–Crippen MR) is 174 cm³/mol. The van der Waals surface area contributed by atoms with Gasteiger partial charge in [0.15, 0.2) is 12.1 Å². The Kier molecular flexibility index (Phi) is 7.09. The molecule has 0 spiro atoms. The van der Waals surface area contributed by atoms with Crippen LogP contribution in [0.5, 0.6) is 0 Å². The molecule has 5 aromatic carbocycles. The van der Waals surface area contributed by atoms with E-state index in [4.69, 9.17) is 0 Å². The van der Waals surface area contributed by atoms with Gasteiger partial charge in [0.2, 0.25) is 6.34 Å². The van der Waals surface area contributed by atoms with Crippen molar-refractivity contribution in [3.8, 4) is 11.1 Å². The van der Waals surface area contributed by atoms with Gasteiger partial charge in [0.1, 0.15) is 11.4 Å². The van der Waals surface area contributed by atoms with Crippen molar-refractivity contribution in [2.24, 2.45) is 0 Å². The number of para-hydroxylation sites is 1. The van der Waals surface area contributed by atoms with Crippen molar-refractivity contribution in [3.63, 3.8) is 0 Å². The maximum Gasteiger partial charge on any atom is 0.245 e. The average Bonchev–Trinajstić information content (AvgIpc) is 3.33. The minimum Gasteiger partial charge on any atom is -0.221 e. The van der Waals surface area contributed by atoms with Crippen LogP contribution in [0.25, 0.3) is 11.1 Å². The fourth-order valence-electron chi connectivity index (χ4n) is 7.07. The van der Waals surface area contributed by atoms with Gasteiger partial charge in [0.05, 0.1) is 0 Å². The summed E-state index contributed by atoms with van der Waals surface area (Å²) in [4.78, 5) is 2.53. The van der Waals surface area contributed by atoms with Crippen molar-refractivity contribution < 1.29 is 4.58 Å². The van der Waals surface area contributed by atoms with Gasteiger partial charge in [0, 0.05) is 16.7 Å². The van der Waals surface area contributed by atoms with Crippen LogP contribution >= 0.6 is 0 Å². The van der Waals surface area contributed by atoms with Crippen molar-refractivity contribution in [2.45, 2.75) is 53.6 Å². The standard InChI is InChI=1S/C39H39N2/c1-26-21-28(3)36(29(4)22-26)34-19-13-14-20-35(34)40-25-41(37-30(5)23-27(2)24-31(37)6)39(33-17-11-8-12-18-33)38(40)32-15-9-7-10-16-32/h7-25,38-39H,1-6H3/q+1/t38-,39+/m1/s1. The Morgan fingerprint density at radius 1 is 0.537 bits per heavy atom. The molecule has 0 aliphatic carbocycles. The van der Waals surface area contributed by atoms with Gasteiger partial charge in [-0.25, -0.2) is 9.48 Å². The van der Waals surface area contributed by atoms with E-state index in [9.17, 15) is 0 Å². The topological polar surface area (TPSA) is 6.25 Å². The van der Waals surface area contributed by atoms with Crippen molar-refractivity contribution in [1.29, 1.82) is 0 Å². The van der Waals surface area contributed by atoms with E-state index in [2.05, 4.69) is 167 Å². The molecule has 5 aromatic rings. The van der Waals surface area contributed by atoms with Crippen molar-refractivity contribution in [3.05, 3.63) is 154 Å². The van der Waals surface area contributed by atoms with E-state index in [-0.39, 0.29) is 12.1 Å². The van der Waals surface area contributed by atoms with Crippen molar-refractivity contribution >= 4 is 17.7 Å². The first kappa shape index (κ1) is 26.8. The lowest BCUT2D eigenvalue weighted by Crippen LogP contribution is -2.26. The van der Waals surface area contributed by atoms with E-state index in [0.29, 0.717) is 0 Å².